The fourth-order valence-corrected chi connectivity index (χ4v) is 8.92. The zero-order valence-electron chi connectivity index (χ0n) is 32.6. The third-order valence-corrected chi connectivity index (χ3v) is 12.0. The van der Waals surface area contributed by atoms with Crippen LogP contribution in [0.1, 0.15) is 49.7 Å². The van der Waals surface area contributed by atoms with Crippen LogP contribution in [0.15, 0.2) is 121 Å². The van der Waals surface area contributed by atoms with Crippen molar-refractivity contribution in [3.63, 3.8) is 0 Å². The molecule has 0 aliphatic heterocycles. The molecule has 2 saturated carbocycles. The number of fused-ring (bicyclic) bond motifs is 3. The first-order chi connectivity index (χ1) is 28.7. The highest BCUT2D eigenvalue weighted by molar-refractivity contribution is 5.71. The van der Waals surface area contributed by atoms with Gasteiger partial charge in [-0.05, 0) is 85.2 Å². The third-order valence-electron chi connectivity index (χ3n) is 12.0. The Morgan fingerprint density at radius 1 is 0.431 bits per heavy atom. The number of aliphatic hydroxyl groups is 2. The van der Waals surface area contributed by atoms with Crippen LogP contribution in [0.5, 0.6) is 0 Å². The second kappa shape index (κ2) is 19.8. The molecule has 2 fully saturated rings. The van der Waals surface area contributed by atoms with E-state index in [0.717, 1.165) is 84.0 Å². The van der Waals surface area contributed by atoms with E-state index in [4.69, 9.17) is 15.9 Å². The standard InChI is InChI=1S/C24H24N2O.C14H10N4.C10H14O.N2/c27-15-22-18-11-13-20-21(14-12-19(18)22)24(17-9-5-2-6-10-17)26-25-23(20)16-7-3-1-4-8-16;1-3-7-11(8-4-1)13-15-17-14(18-16-13)12-9-5-2-6-10-12;11-7-10-8-5-3-1-2-4-6-9(8)10;1-2/h1-10,18-19,22,27H,11-15H2;1-10H;8-11H,3-7H2;/t18-,19+,22?;;8-,9+,10?;. The molecule has 292 valence electrons. The average molecular weight is 769 g/mol. The van der Waals surface area contributed by atoms with Gasteiger partial charge in [0.05, 0.1) is 11.4 Å². The minimum Gasteiger partial charge on any atom is -0.396 e. The smallest absolute Gasteiger partial charge is 0.203 e. The van der Waals surface area contributed by atoms with Crippen molar-refractivity contribution in [1.82, 2.24) is 30.6 Å². The second-order valence-corrected chi connectivity index (χ2v) is 15.2. The quantitative estimate of drug-likeness (QED) is 0.124. The van der Waals surface area contributed by atoms with Gasteiger partial charge in [-0.2, -0.15) is 0 Å². The molecule has 4 aromatic carbocycles. The lowest BCUT2D eigenvalue weighted by molar-refractivity contribution is 0.262. The molecule has 0 amide bonds. The summed E-state index contributed by atoms with van der Waals surface area (Å²) in [5, 5.41) is 56.4. The van der Waals surface area contributed by atoms with Crippen LogP contribution in [0.3, 0.4) is 0 Å². The Morgan fingerprint density at radius 3 is 1.07 bits per heavy atom. The average Bonchev–Trinajstić information content (AvgIpc) is 4.18. The molecule has 2 unspecified atom stereocenters. The van der Waals surface area contributed by atoms with Crippen molar-refractivity contribution >= 4 is 0 Å². The Bertz CT molecular complexity index is 2130. The van der Waals surface area contributed by atoms with Crippen LogP contribution in [0.2, 0.25) is 0 Å². The number of hydrogen-bond donors (Lipinski definition) is 2. The van der Waals surface area contributed by atoms with Crippen molar-refractivity contribution in [2.75, 3.05) is 13.2 Å². The van der Waals surface area contributed by atoms with Gasteiger partial charge in [-0.3, -0.25) is 0 Å². The van der Waals surface area contributed by atoms with Crippen LogP contribution in [-0.2, 0) is 12.8 Å². The summed E-state index contributed by atoms with van der Waals surface area (Å²) in [5.74, 6) is 11.5. The van der Waals surface area contributed by atoms with E-state index in [9.17, 15) is 5.11 Å². The first-order valence-corrected chi connectivity index (χ1v) is 20.3. The van der Waals surface area contributed by atoms with Gasteiger partial charge in [0, 0.05) is 59.1 Å². The van der Waals surface area contributed by atoms with Crippen molar-refractivity contribution in [3.05, 3.63) is 132 Å². The Morgan fingerprint density at radius 2 is 0.741 bits per heavy atom. The van der Waals surface area contributed by atoms with Crippen LogP contribution in [-0.4, -0.2) is 54.0 Å². The molecular weight excluding hydrogens is 721 g/mol. The number of aliphatic hydroxyl groups excluding tert-OH is 2. The molecule has 0 saturated heterocycles. The first kappa shape index (κ1) is 40.0. The predicted molar refractivity (Wildman–Crippen MR) is 223 cm³/mol. The SMILES string of the molecule is N#N.OCC1[C@H]2CCC#CCC[C@@H]12.OCC1[C@H]2CCc3c(-c4ccccc4)nnc(-c4ccccc4)c3CC[C@@H]12.c1ccc(-c2nnc(-c3ccccc3)nn2)cc1. The largest absolute Gasteiger partial charge is 0.396 e. The van der Waals surface area contributed by atoms with Gasteiger partial charge in [0.25, 0.3) is 0 Å². The number of aromatic nitrogens is 6. The maximum Gasteiger partial charge on any atom is 0.203 e. The molecule has 2 heterocycles. The fourth-order valence-electron chi connectivity index (χ4n) is 8.92. The van der Waals surface area contributed by atoms with E-state index in [-0.39, 0.29) is 0 Å². The first-order valence-electron chi connectivity index (χ1n) is 20.3. The van der Waals surface area contributed by atoms with Crippen LogP contribution < -0.4 is 0 Å². The monoisotopic (exact) mass is 768 g/mol. The van der Waals surface area contributed by atoms with Crippen molar-refractivity contribution < 1.29 is 10.2 Å². The minimum atomic E-state index is 0.333. The molecular formula is C48H48N8O2. The molecule has 6 aromatic rings. The van der Waals surface area contributed by atoms with Crippen molar-refractivity contribution in [2.24, 2.45) is 35.5 Å². The Balaban J connectivity index is 0.000000142. The predicted octanol–water partition coefficient (Wildman–Crippen LogP) is 8.59. The zero-order chi connectivity index (χ0) is 40.1. The van der Waals surface area contributed by atoms with Gasteiger partial charge in [-0.1, -0.05) is 121 Å². The summed E-state index contributed by atoms with van der Waals surface area (Å²) in [5.41, 5.74) is 8.90. The molecule has 58 heavy (non-hydrogen) atoms. The van der Waals surface area contributed by atoms with E-state index in [2.05, 4.69) is 91.0 Å². The van der Waals surface area contributed by atoms with E-state index in [1.807, 2.05) is 72.8 Å². The number of nitrogens with zero attached hydrogens (tertiary/aromatic N) is 8. The molecule has 10 nitrogen and oxygen atoms in total. The lowest BCUT2D eigenvalue weighted by atomic mass is 9.88. The molecule has 2 N–H and O–H groups in total. The van der Waals surface area contributed by atoms with Crippen molar-refractivity contribution in [2.45, 2.75) is 51.4 Å². The van der Waals surface area contributed by atoms with E-state index in [0.29, 0.717) is 48.5 Å². The Kier molecular flexibility index (Phi) is 13.6. The van der Waals surface area contributed by atoms with Gasteiger partial charge in [0.15, 0.2) is 0 Å². The molecule has 0 spiro atoms. The highest BCUT2D eigenvalue weighted by atomic mass is 16.3. The Hall–Kier alpha value is -6.20. The number of rotatable bonds is 6. The van der Waals surface area contributed by atoms with Gasteiger partial charge >= 0.3 is 0 Å². The number of hydrogen-bond acceptors (Lipinski definition) is 10. The molecule has 0 radical (unpaired) electrons. The van der Waals surface area contributed by atoms with E-state index in [1.54, 1.807) is 0 Å². The van der Waals surface area contributed by atoms with Crippen LogP contribution >= 0.6 is 0 Å². The molecule has 4 aliphatic rings. The zero-order valence-corrected chi connectivity index (χ0v) is 32.6. The summed E-state index contributed by atoms with van der Waals surface area (Å²) in [7, 11) is 0. The number of benzene rings is 4. The Labute approximate surface area is 340 Å². The normalized spacial score (nSPS) is 22.0. The molecule has 10 heteroatoms. The van der Waals surface area contributed by atoms with Gasteiger partial charge in [-0.25, -0.2) is 0 Å². The molecule has 6 atom stereocenters. The summed E-state index contributed by atoms with van der Waals surface area (Å²) in [6.45, 7) is 0.731. The van der Waals surface area contributed by atoms with Crippen LogP contribution in [0, 0.1) is 58.1 Å². The van der Waals surface area contributed by atoms with Crippen molar-refractivity contribution in [3.8, 4) is 57.1 Å². The fraction of sp³-hybridized carbons (Fsp3) is 0.333. The minimum absolute atomic E-state index is 0.333. The summed E-state index contributed by atoms with van der Waals surface area (Å²) in [4.78, 5) is 0. The van der Waals surface area contributed by atoms with Crippen LogP contribution in [0.25, 0.3) is 45.3 Å². The molecule has 0 bridgehead atoms. The molecule has 2 aromatic heterocycles. The third kappa shape index (κ3) is 9.49. The van der Waals surface area contributed by atoms with Crippen molar-refractivity contribution in [1.29, 1.82) is 10.8 Å². The lowest BCUT2D eigenvalue weighted by Crippen LogP contribution is -2.09. The summed E-state index contributed by atoms with van der Waals surface area (Å²) >= 11 is 0. The highest BCUT2D eigenvalue weighted by Crippen LogP contribution is 2.54. The lowest BCUT2D eigenvalue weighted by Gasteiger charge is -2.19. The maximum absolute atomic E-state index is 9.68. The second-order valence-electron chi connectivity index (χ2n) is 15.2. The van der Waals surface area contributed by atoms with Gasteiger partial charge in [-0.15, -0.1) is 42.4 Å². The van der Waals surface area contributed by atoms with E-state index in [1.165, 1.54) is 24.0 Å². The highest BCUT2D eigenvalue weighted by Gasteiger charge is 2.49. The topological polar surface area (TPSA) is 165 Å². The maximum atomic E-state index is 9.68. The van der Waals surface area contributed by atoms with E-state index >= 15 is 0 Å². The summed E-state index contributed by atoms with van der Waals surface area (Å²) in [6.07, 6.45) is 8.88. The molecule has 10 rings (SSSR count). The van der Waals surface area contributed by atoms with Gasteiger partial charge < -0.3 is 10.2 Å². The van der Waals surface area contributed by atoms with Crippen LogP contribution in [0.4, 0.5) is 0 Å². The summed E-state index contributed by atoms with van der Waals surface area (Å²) < 4.78 is 0. The van der Waals surface area contributed by atoms with E-state index < -0.39 is 0 Å². The van der Waals surface area contributed by atoms with Gasteiger partial charge in [0.1, 0.15) is 0 Å². The summed E-state index contributed by atoms with van der Waals surface area (Å²) in [6, 6.07) is 40.2. The van der Waals surface area contributed by atoms with Gasteiger partial charge in [0.2, 0.25) is 11.6 Å². The molecule has 4 aliphatic carbocycles.